The highest BCUT2D eigenvalue weighted by Crippen LogP contribution is 2.45. The second-order valence-electron chi connectivity index (χ2n) is 5.98. The second kappa shape index (κ2) is 7.65. The molecule has 2 aromatic carbocycles. The van der Waals surface area contributed by atoms with E-state index in [1.54, 1.807) is 11.8 Å². The van der Waals surface area contributed by atoms with Crippen molar-refractivity contribution in [2.75, 3.05) is 32.6 Å². The fourth-order valence-electron chi connectivity index (χ4n) is 2.72. The molecule has 1 aliphatic rings. The van der Waals surface area contributed by atoms with Crippen molar-refractivity contribution < 1.29 is 4.74 Å². The van der Waals surface area contributed by atoms with E-state index in [-0.39, 0.29) is 0 Å². The van der Waals surface area contributed by atoms with E-state index in [2.05, 4.69) is 61.6 Å². The predicted molar refractivity (Wildman–Crippen MR) is 102 cm³/mol. The number of thioether (sulfide) groups is 2. The fourth-order valence-corrected chi connectivity index (χ4v) is 4.59. The first-order chi connectivity index (χ1) is 11.2. The molecule has 1 aliphatic heterocycles. The van der Waals surface area contributed by atoms with Gasteiger partial charge in [0.2, 0.25) is 0 Å². The van der Waals surface area contributed by atoms with E-state index in [0.29, 0.717) is 5.25 Å². The van der Waals surface area contributed by atoms with Gasteiger partial charge in [-0.3, -0.25) is 0 Å². The van der Waals surface area contributed by atoms with E-state index in [1.807, 2.05) is 17.8 Å². The number of benzene rings is 2. The van der Waals surface area contributed by atoms with Gasteiger partial charge < -0.3 is 9.64 Å². The van der Waals surface area contributed by atoms with E-state index in [0.717, 1.165) is 30.2 Å². The first kappa shape index (κ1) is 16.7. The van der Waals surface area contributed by atoms with Crippen LogP contribution in [0.3, 0.4) is 0 Å². The molecule has 0 bridgehead atoms. The molecule has 0 N–H and O–H groups in total. The normalized spacial score (nSPS) is 16.4. The van der Waals surface area contributed by atoms with Crippen molar-refractivity contribution in [2.45, 2.75) is 16.6 Å². The third kappa shape index (κ3) is 4.06. The van der Waals surface area contributed by atoms with Crippen LogP contribution in [0.4, 0.5) is 0 Å². The second-order valence-corrected chi connectivity index (χ2v) is 8.17. The Kier molecular flexibility index (Phi) is 5.57. The SMILES string of the molecule is CSc1ccc2c(c1)C(SCCN(C)C)Cc1ccccc1O2. The Morgan fingerprint density at radius 2 is 1.96 bits per heavy atom. The fraction of sp³-hybridized carbons (Fsp3) is 0.368. The van der Waals surface area contributed by atoms with Crippen LogP contribution >= 0.6 is 23.5 Å². The summed E-state index contributed by atoms with van der Waals surface area (Å²) in [7, 11) is 4.26. The van der Waals surface area contributed by atoms with Gasteiger partial charge in [-0.1, -0.05) is 18.2 Å². The minimum atomic E-state index is 0.445. The first-order valence-corrected chi connectivity index (χ1v) is 10.1. The summed E-state index contributed by atoms with van der Waals surface area (Å²) in [5.41, 5.74) is 2.63. The van der Waals surface area contributed by atoms with Gasteiger partial charge >= 0.3 is 0 Å². The molecule has 0 spiro atoms. The quantitative estimate of drug-likeness (QED) is 0.699. The van der Waals surface area contributed by atoms with Crippen LogP contribution < -0.4 is 4.74 Å². The summed E-state index contributed by atoms with van der Waals surface area (Å²) in [5.74, 6) is 3.14. The minimum Gasteiger partial charge on any atom is -0.457 e. The van der Waals surface area contributed by atoms with E-state index < -0.39 is 0 Å². The average Bonchev–Trinajstić information content (AvgIpc) is 2.70. The van der Waals surface area contributed by atoms with E-state index in [9.17, 15) is 0 Å². The molecule has 0 aliphatic carbocycles. The minimum absolute atomic E-state index is 0.445. The molecule has 122 valence electrons. The molecule has 0 aromatic heterocycles. The van der Waals surface area contributed by atoms with Crippen LogP contribution in [-0.2, 0) is 6.42 Å². The maximum absolute atomic E-state index is 6.23. The van der Waals surface area contributed by atoms with Gasteiger partial charge in [-0.05, 0) is 56.6 Å². The van der Waals surface area contributed by atoms with Crippen LogP contribution in [0.25, 0.3) is 0 Å². The van der Waals surface area contributed by atoms with E-state index in [4.69, 9.17) is 4.74 Å². The van der Waals surface area contributed by atoms with Crippen molar-refractivity contribution in [1.82, 2.24) is 4.90 Å². The maximum atomic E-state index is 6.23. The third-order valence-corrected chi connectivity index (χ3v) is 5.99. The van der Waals surface area contributed by atoms with Gasteiger partial charge in [0, 0.05) is 28.0 Å². The molecule has 2 aromatic rings. The van der Waals surface area contributed by atoms with Gasteiger partial charge in [-0.2, -0.15) is 11.8 Å². The van der Waals surface area contributed by atoms with Gasteiger partial charge in [0.05, 0.1) is 0 Å². The highest BCUT2D eigenvalue weighted by Gasteiger charge is 2.24. The highest BCUT2D eigenvalue weighted by atomic mass is 32.2. The molecule has 0 saturated heterocycles. The molecule has 1 atom stereocenters. The molecule has 0 radical (unpaired) electrons. The van der Waals surface area contributed by atoms with Crippen molar-refractivity contribution >= 4 is 23.5 Å². The van der Waals surface area contributed by atoms with E-state index >= 15 is 0 Å². The highest BCUT2D eigenvalue weighted by molar-refractivity contribution is 7.99. The number of ether oxygens (including phenoxy) is 1. The van der Waals surface area contributed by atoms with Crippen LogP contribution in [0.1, 0.15) is 16.4 Å². The molecule has 1 unspecified atom stereocenters. The van der Waals surface area contributed by atoms with Crippen molar-refractivity contribution in [1.29, 1.82) is 0 Å². The van der Waals surface area contributed by atoms with Gasteiger partial charge in [0.1, 0.15) is 11.5 Å². The van der Waals surface area contributed by atoms with Gasteiger partial charge in [0.25, 0.3) is 0 Å². The molecule has 0 fully saturated rings. The summed E-state index contributed by atoms with van der Waals surface area (Å²) in [5, 5.41) is 0.445. The molecular weight excluding hydrogens is 322 g/mol. The summed E-state index contributed by atoms with van der Waals surface area (Å²) in [6, 6.07) is 15.0. The molecule has 4 heteroatoms. The predicted octanol–water partition coefficient (Wildman–Crippen LogP) is 5.09. The van der Waals surface area contributed by atoms with Crippen LogP contribution in [0, 0.1) is 0 Å². The molecule has 0 saturated carbocycles. The number of nitrogens with zero attached hydrogens (tertiary/aromatic N) is 1. The summed E-state index contributed by atoms with van der Waals surface area (Å²) in [6.45, 7) is 1.10. The Morgan fingerprint density at radius 1 is 1.13 bits per heavy atom. The smallest absolute Gasteiger partial charge is 0.131 e. The molecule has 2 nitrogen and oxygen atoms in total. The molecule has 3 rings (SSSR count). The number of rotatable bonds is 5. The zero-order chi connectivity index (χ0) is 16.2. The maximum Gasteiger partial charge on any atom is 0.131 e. The zero-order valence-corrected chi connectivity index (χ0v) is 15.5. The lowest BCUT2D eigenvalue weighted by atomic mass is 10.0. The van der Waals surface area contributed by atoms with Crippen molar-refractivity contribution in [3.63, 3.8) is 0 Å². The summed E-state index contributed by atoms with van der Waals surface area (Å²) in [4.78, 5) is 3.55. The van der Waals surface area contributed by atoms with Gasteiger partial charge in [-0.15, -0.1) is 11.8 Å². The Labute approximate surface area is 147 Å². The van der Waals surface area contributed by atoms with Gasteiger partial charge in [0.15, 0.2) is 0 Å². The molecule has 0 amide bonds. The number of hydrogen-bond donors (Lipinski definition) is 0. The zero-order valence-electron chi connectivity index (χ0n) is 13.9. The lowest BCUT2D eigenvalue weighted by Gasteiger charge is -2.18. The molecular formula is C19H23NOS2. The topological polar surface area (TPSA) is 12.5 Å². The van der Waals surface area contributed by atoms with Crippen LogP contribution in [0.15, 0.2) is 47.4 Å². The van der Waals surface area contributed by atoms with Gasteiger partial charge in [-0.25, -0.2) is 0 Å². The van der Waals surface area contributed by atoms with Crippen LogP contribution in [0.2, 0.25) is 0 Å². The Morgan fingerprint density at radius 3 is 2.74 bits per heavy atom. The standard InChI is InChI=1S/C19H23NOS2/c1-20(2)10-11-23-19-12-14-6-4-5-7-17(14)21-18-9-8-15(22-3)13-16(18)19/h4-9,13,19H,10-12H2,1-3H3. The molecule has 23 heavy (non-hydrogen) atoms. The number of fused-ring (bicyclic) bond motifs is 2. The van der Waals surface area contributed by atoms with Crippen molar-refractivity contribution in [3.05, 3.63) is 53.6 Å². The molecule has 1 heterocycles. The Bertz CT molecular complexity index is 672. The summed E-state index contributed by atoms with van der Waals surface area (Å²) < 4.78 is 6.23. The number of para-hydroxylation sites is 1. The number of hydrogen-bond acceptors (Lipinski definition) is 4. The summed E-state index contributed by atoms with van der Waals surface area (Å²) in [6.07, 6.45) is 3.15. The van der Waals surface area contributed by atoms with E-state index in [1.165, 1.54) is 16.0 Å². The van der Waals surface area contributed by atoms with Crippen LogP contribution in [0.5, 0.6) is 11.5 Å². The average molecular weight is 346 g/mol. The Hall–Kier alpha value is -1.10. The van der Waals surface area contributed by atoms with Crippen LogP contribution in [-0.4, -0.2) is 37.5 Å². The summed E-state index contributed by atoms with van der Waals surface area (Å²) >= 11 is 3.82. The Balaban J connectivity index is 1.93. The van der Waals surface area contributed by atoms with Crippen molar-refractivity contribution in [2.24, 2.45) is 0 Å². The first-order valence-electron chi connectivity index (χ1n) is 7.87. The lowest BCUT2D eigenvalue weighted by Crippen LogP contribution is -2.15. The third-order valence-electron chi connectivity index (χ3n) is 4.02. The lowest BCUT2D eigenvalue weighted by molar-refractivity contribution is 0.437. The largest absolute Gasteiger partial charge is 0.457 e. The monoisotopic (exact) mass is 345 g/mol. The van der Waals surface area contributed by atoms with Crippen molar-refractivity contribution in [3.8, 4) is 11.5 Å².